The van der Waals surface area contributed by atoms with E-state index in [1.54, 1.807) is 13.0 Å². The highest BCUT2D eigenvalue weighted by Gasteiger charge is 2.66. The molecular weight excluding hydrogens is 460 g/mol. The second-order valence-corrected chi connectivity index (χ2v) is 7.35. The number of aliphatic hydroxyl groups excluding tert-OH is 1. The number of aliphatic hydroxyl groups is 2. The van der Waals surface area contributed by atoms with E-state index in [0.29, 0.717) is 0 Å². The number of hydrogen-bond donors (Lipinski definition) is 4. The number of rotatable bonds is 3. The Balaban J connectivity index is 0.00000107. The largest absolute Gasteiger partial charge is 0.437 e. The number of hydrogen-bond acceptors (Lipinski definition) is 4. The van der Waals surface area contributed by atoms with Gasteiger partial charge in [0.15, 0.2) is 5.78 Å². The first-order valence-electron chi connectivity index (χ1n) is 8.99. The van der Waals surface area contributed by atoms with Gasteiger partial charge in [0.25, 0.3) is 0 Å². The van der Waals surface area contributed by atoms with Crippen molar-refractivity contribution < 1.29 is 33.0 Å². The molecule has 31 heavy (non-hydrogen) atoms. The molecule has 1 heterocycles. The number of carbonyl (C=O) groups is 2. The predicted molar refractivity (Wildman–Crippen MR) is 109 cm³/mol. The third kappa shape index (κ3) is 5.30. The second-order valence-electron chi connectivity index (χ2n) is 6.54. The average molecular weight is 479 g/mol. The van der Waals surface area contributed by atoms with Crippen LogP contribution in [0.3, 0.4) is 0 Å². The Hall–Kier alpha value is -2.33. The minimum atomic E-state index is -5.33. The molecule has 2 aromatic carbocycles. The lowest BCUT2D eigenvalue weighted by Crippen LogP contribution is -2.72. The van der Waals surface area contributed by atoms with Crippen LogP contribution in [-0.2, 0) is 0 Å². The van der Waals surface area contributed by atoms with Crippen molar-refractivity contribution in [3.8, 4) is 0 Å². The maximum absolute atomic E-state index is 13.8. The van der Waals surface area contributed by atoms with E-state index in [0.717, 1.165) is 0 Å². The molecule has 0 aliphatic carbocycles. The van der Waals surface area contributed by atoms with Crippen LogP contribution in [-0.4, -0.2) is 40.5 Å². The van der Waals surface area contributed by atoms with E-state index in [1.165, 1.54) is 47.8 Å². The normalized spacial score (nSPS) is 23.2. The summed E-state index contributed by atoms with van der Waals surface area (Å²) in [7, 11) is 0. The number of benzene rings is 2. The van der Waals surface area contributed by atoms with Gasteiger partial charge in [-0.2, -0.15) is 13.2 Å². The van der Waals surface area contributed by atoms with Crippen molar-refractivity contribution in [2.75, 3.05) is 6.61 Å². The van der Waals surface area contributed by atoms with Crippen LogP contribution in [0.2, 0.25) is 10.0 Å². The van der Waals surface area contributed by atoms with Gasteiger partial charge in [-0.05, 0) is 24.6 Å². The van der Waals surface area contributed by atoms with E-state index in [1.807, 2.05) is 0 Å². The van der Waals surface area contributed by atoms with Crippen molar-refractivity contribution in [2.24, 2.45) is 5.92 Å². The number of urea groups is 1. The molecule has 11 heteroatoms. The molecule has 0 aromatic heterocycles. The number of alkyl halides is 3. The lowest BCUT2D eigenvalue weighted by Gasteiger charge is -2.45. The van der Waals surface area contributed by atoms with Crippen LogP contribution in [0.1, 0.15) is 28.9 Å². The maximum Gasteiger partial charge on any atom is 0.437 e. The van der Waals surface area contributed by atoms with Crippen LogP contribution in [0.25, 0.3) is 0 Å². The third-order valence-electron chi connectivity index (χ3n) is 4.45. The summed E-state index contributed by atoms with van der Waals surface area (Å²) in [6.45, 7) is 1.93. The molecule has 1 aliphatic heterocycles. The van der Waals surface area contributed by atoms with Crippen LogP contribution in [0.4, 0.5) is 18.0 Å². The van der Waals surface area contributed by atoms with E-state index < -0.39 is 35.7 Å². The molecule has 0 radical (unpaired) electrons. The second kappa shape index (κ2) is 9.86. The SMILES string of the molecule is CCO.O=C1NC(c2ccc(Cl)c(Cl)c2)C(C(=O)c2ccccc2)C(O)(C(F)(F)F)N1. The third-order valence-corrected chi connectivity index (χ3v) is 5.19. The molecule has 0 saturated carbocycles. The first kappa shape index (κ1) is 24.9. The quantitative estimate of drug-likeness (QED) is 0.499. The molecule has 3 unspecified atom stereocenters. The topological polar surface area (TPSA) is 98.7 Å². The van der Waals surface area contributed by atoms with Crippen LogP contribution < -0.4 is 10.6 Å². The Bertz CT molecular complexity index is 944. The molecule has 2 aromatic rings. The first-order chi connectivity index (χ1) is 14.5. The van der Waals surface area contributed by atoms with E-state index in [9.17, 15) is 27.9 Å². The molecule has 168 valence electrons. The summed E-state index contributed by atoms with van der Waals surface area (Å²) in [5.41, 5.74) is -3.77. The van der Waals surface area contributed by atoms with Crippen LogP contribution in [0.15, 0.2) is 48.5 Å². The summed E-state index contributed by atoms with van der Waals surface area (Å²) in [5.74, 6) is -3.13. The fraction of sp³-hybridized carbons (Fsp3) is 0.300. The van der Waals surface area contributed by atoms with Crippen molar-refractivity contribution in [3.05, 3.63) is 69.7 Å². The average Bonchev–Trinajstić information content (AvgIpc) is 2.69. The molecule has 2 amide bonds. The number of halogens is 5. The van der Waals surface area contributed by atoms with Gasteiger partial charge in [0.05, 0.1) is 16.1 Å². The number of Topliss-reactive ketones (excluding diaryl/α,β-unsaturated/α-hetero) is 1. The summed E-state index contributed by atoms with van der Waals surface area (Å²) in [6.07, 6.45) is -5.33. The lowest BCUT2D eigenvalue weighted by molar-refractivity contribution is -0.287. The highest BCUT2D eigenvalue weighted by molar-refractivity contribution is 6.42. The monoisotopic (exact) mass is 478 g/mol. The van der Waals surface area contributed by atoms with Crippen molar-refractivity contribution in [3.63, 3.8) is 0 Å². The fourth-order valence-electron chi connectivity index (χ4n) is 3.10. The summed E-state index contributed by atoms with van der Waals surface area (Å²) in [6, 6.07) is 8.27. The Morgan fingerprint density at radius 2 is 1.71 bits per heavy atom. The van der Waals surface area contributed by atoms with Crippen LogP contribution in [0, 0.1) is 5.92 Å². The minimum absolute atomic E-state index is 0.0217. The number of carbonyl (C=O) groups excluding carboxylic acids is 2. The van der Waals surface area contributed by atoms with E-state index in [2.05, 4.69) is 5.32 Å². The fourth-order valence-corrected chi connectivity index (χ4v) is 3.41. The van der Waals surface area contributed by atoms with Crippen LogP contribution in [0.5, 0.6) is 0 Å². The molecule has 1 saturated heterocycles. The van der Waals surface area contributed by atoms with Gasteiger partial charge in [-0.25, -0.2) is 4.79 Å². The molecule has 6 nitrogen and oxygen atoms in total. The minimum Gasteiger partial charge on any atom is -0.397 e. The van der Waals surface area contributed by atoms with Gasteiger partial charge in [0, 0.05) is 12.2 Å². The van der Waals surface area contributed by atoms with Gasteiger partial charge in [-0.3, -0.25) is 4.79 Å². The van der Waals surface area contributed by atoms with Gasteiger partial charge in [-0.15, -0.1) is 0 Å². The van der Waals surface area contributed by atoms with Gasteiger partial charge < -0.3 is 20.8 Å². The van der Waals surface area contributed by atoms with Crippen molar-refractivity contribution in [2.45, 2.75) is 24.9 Å². The molecule has 1 aliphatic rings. The molecule has 0 bridgehead atoms. The molecular formula is C20H19Cl2F3N2O4. The van der Waals surface area contributed by atoms with E-state index in [4.69, 9.17) is 28.3 Å². The first-order valence-corrected chi connectivity index (χ1v) is 9.74. The molecule has 1 fully saturated rings. The van der Waals surface area contributed by atoms with Crippen molar-refractivity contribution in [1.82, 2.24) is 10.6 Å². The summed E-state index contributed by atoms with van der Waals surface area (Å²) in [5, 5.41) is 21.9. The number of amides is 2. The van der Waals surface area contributed by atoms with Crippen molar-refractivity contribution >= 4 is 35.0 Å². The Kier molecular flexibility index (Phi) is 7.93. The summed E-state index contributed by atoms with van der Waals surface area (Å²) in [4.78, 5) is 24.9. The van der Waals surface area contributed by atoms with Crippen molar-refractivity contribution in [1.29, 1.82) is 0 Å². The summed E-state index contributed by atoms with van der Waals surface area (Å²) >= 11 is 11.8. The van der Waals surface area contributed by atoms with E-state index >= 15 is 0 Å². The summed E-state index contributed by atoms with van der Waals surface area (Å²) < 4.78 is 41.3. The Morgan fingerprint density at radius 1 is 1.13 bits per heavy atom. The van der Waals surface area contributed by atoms with E-state index in [-0.39, 0.29) is 27.8 Å². The van der Waals surface area contributed by atoms with Gasteiger partial charge in [0.2, 0.25) is 5.72 Å². The maximum atomic E-state index is 13.8. The molecule has 0 spiro atoms. The standard InChI is InChI=1S/C18H13Cl2F3N2O3.C2H6O/c19-11-7-6-10(8-12(11)20)14-13(15(26)9-4-2-1-3-5-9)17(28,18(21,22)23)25-16(27)24-14;1-2-3/h1-8,13-14,28H,(H2,24,25,27);3H,2H2,1H3. The van der Waals surface area contributed by atoms with Crippen LogP contribution >= 0.6 is 23.2 Å². The zero-order valence-corrected chi connectivity index (χ0v) is 17.6. The smallest absolute Gasteiger partial charge is 0.397 e. The predicted octanol–water partition coefficient (Wildman–Crippen LogP) is 4.10. The zero-order chi connectivity index (χ0) is 23.4. The zero-order valence-electron chi connectivity index (χ0n) is 16.1. The molecule has 3 atom stereocenters. The molecule has 3 rings (SSSR count). The number of ketones is 1. The Morgan fingerprint density at radius 3 is 2.23 bits per heavy atom. The Labute approximate surface area is 186 Å². The highest BCUT2D eigenvalue weighted by Crippen LogP contribution is 2.44. The lowest BCUT2D eigenvalue weighted by atomic mass is 9.77. The van der Waals surface area contributed by atoms with Gasteiger partial charge in [0.1, 0.15) is 5.92 Å². The number of nitrogens with one attached hydrogen (secondary N) is 2. The highest BCUT2D eigenvalue weighted by atomic mass is 35.5. The van der Waals surface area contributed by atoms with Gasteiger partial charge in [-0.1, -0.05) is 59.6 Å². The van der Waals surface area contributed by atoms with Gasteiger partial charge >= 0.3 is 12.2 Å². The molecule has 4 N–H and O–H groups in total.